The number of carboxylic acid groups (broad SMARTS) is 1. The van der Waals surface area contributed by atoms with Gasteiger partial charge in [-0.2, -0.15) is 0 Å². The van der Waals surface area contributed by atoms with Crippen molar-refractivity contribution in [1.82, 2.24) is 0 Å². The van der Waals surface area contributed by atoms with E-state index in [1.807, 2.05) is 0 Å². The van der Waals surface area contributed by atoms with Crippen LogP contribution in [0.15, 0.2) is 22.7 Å². The molecule has 1 aromatic carbocycles. The van der Waals surface area contributed by atoms with Crippen LogP contribution in [0.4, 0.5) is 5.69 Å². The fraction of sp³-hybridized carbons (Fsp3) is 0.300. The highest BCUT2D eigenvalue weighted by Crippen LogP contribution is 2.22. The maximum absolute atomic E-state index is 11.6. The van der Waals surface area contributed by atoms with Crippen molar-refractivity contribution in [3.8, 4) is 0 Å². The third-order valence-corrected chi connectivity index (χ3v) is 3.92. The van der Waals surface area contributed by atoms with E-state index in [0.717, 1.165) is 0 Å². The molecule has 17 heavy (non-hydrogen) atoms. The summed E-state index contributed by atoms with van der Waals surface area (Å²) in [5.74, 6) is -1.22. The van der Waals surface area contributed by atoms with Crippen molar-refractivity contribution < 1.29 is 18.3 Å². The second-order valence-electron chi connectivity index (χ2n) is 3.42. The maximum Gasteiger partial charge on any atom is 0.337 e. The van der Waals surface area contributed by atoms with E-state index in [9.17, 15) is 13.2 Å². The molecule has 0 atom stereocenters. The summed E-state index contributed by atoms with van der Waals surface area (Å²) in [5, 5.41) is 8.93. The Morgan fingerprint density at radius 3 is 2.65 bits per heavy atom. The van der Waals surface area contributed by atoms with E-state index < -0.39 is 16.0 Å². The zero-order valence-corrected chi connectivity index (χ0v) is 11.5. The molecule has 0 saturated heterocycles. The van der Waals surface area contributed by atoms with Gasteiger partial charge < -0.3 is 5.11 Å². The quantitative estimate of drug-likeness (QED) is 0.871. The fourth-order valence-corrected chi connectivity index (χ4v) is 2.78. The van der Waals surface area contributed by atoms with Crippen LogP contribution in [0, 0.1) is 0 Å². The minimum absolute atomic E-state index is 0.0431. The molecule has 0 aliphatic carbocycles. The van der Waals surface area contributed by atoms with Gasteiger partial charge in [0, 0.05) is 4.47 Å². The van der Waals surface area contributed by atoms with Gasteiger partial charge >= 0.3 is 5.97 Å². The summed E-state index contributed by atoms with van der Waals surface area (Å²) in [6.45, 7) is 1.73. The summed E-state index contributed by atoms with van der Waals surface area (Å²) in [7, 11) is -3.49. The first-order valence-electron chi connectivity index (χ1n) is 4.89. The first kappa shape index (κ1) is 14.0. The molecule has 7 heteroatoms. The van der Waals surface area contributed by atoms with Crippen LogP contribution < -0.4 is 4.72 Å². The zero-order valence-electron chi connectivity index (χ0n) is 9.10. The van der Waals surface area contributed by atoms with E-state index >= 15 is 0 Å². The van der Waals surface area contributed by atoms with Crippen LogP contribution in [0.1, 0.15) is 23.7 Å². The van der Waals surface area contributed by atoms with E-state index in [0.29, 0.717) is 10.9 Å². The van der Waals surface area contributed by atoms with Crippen molar-refractivity contribution in [1.29, 1.82) is 0 Å². The van der Waals surface area contributed by atoms with Gasteiger partial charge in [0.15, 0.2) is 0 Å². The highest BCUT2D eigenvalue weighted by molar-refractivity contribution is 9.10. The first-order chi connectivity index (χ1) is 7.85. The van der Waals surface area contributed by atoms with Crippen molar-refractivity contribution in [2.75, 3.05) is 10.5 Å². The second kappa shape index (κ2) is 5.50. The van der Waals surface area contributed by atoms with E-state index in [-0.39, 0.29) is 17.0 Å². The Morgan fingerprint density at radius 2 is 2.12 bits per heavy atom. The topological polar surface area (TPSA) is 83.5 Å². The van der Waals surface area contributed by atoms with E-state index in [2.05, 4.69) is 20.7 Å². The van der Waals surface area contributed by atoms with Crippen molar-refractivity contribution in [3.05, 3.63) is 28.2 Å². The number of hydrogen-bond acceptors (Lipinski definition) is 3. The molecule has 0 unspecified atom stereocenters. The second-order valence-corrected chi connectivity index (χ2v) is 6.17. The molecule has 0 aliphatic rings. The summed E-state index contributed by atoms with van der Waals surface area (Å²) in [6, 6.07) is 4.31. The van der Waals surface area contributed by atoms with Crippen LogP contribution in [0.2, 0.25) is 0 Å². The van der Waals surface area contributed by atoms with Crippen LogP contribution in [-0.2, 0) is 10.0 Å². The molecule has 5 nitrogen and oxygen atoms in total. The minimum Gasteiger partial charge on any atom is -0.478 e. The summed E-state index contributed by atoms with van der Waals surface area (Å²) in [4.78, 5) is 10.9. The Hall–Kier alpha value is -1.08. The van der Waals surface area contributed by atoms with Crippen molar-refractivity contribution in [3.63, 3.8) is 0 Å². The molecule has 0 radical (unpaired) electrons. The normalized spacial score (nSPS) is 11.2. The molecule has 0 aromatic heterocycles. The Bertz CT molecular complexity index is 527. The zero-order chi connectivity index (χ0) is 13.1. The minimum atomic E-state index is -3.49. The molecule has 0 spiro atoms. The maximum atomic E-state index is 11.6. The van der Waals surface area contributed by atoms with Gasteiger partial charge in [-0.3, -0.25) is 4.72 Å². The highest BCUT2D eigenvalue weighted by Gasteiger charge is 2.15. The number of carbonyl (C=O) groups is 1. The fourth-order valence-electron chi connectivity index (χ4n) is 1.27. The van der Waals surface area contributed by atoms with Gasteiger partial charge in [-0.15, -0.1) is 0 Å². The number of anilines is 1. The predicted octanol–water partition coefficient (Wildman–Crippen LogP) is 2.30. The van der Waals surface area contributed by atoms with E-state index in [1.165, 1.54) is 12.1 Å². The Labute approximate surface area is 108 Å². The highest BCUT2D eigenvalue weighted by atomic mass is 79.9. The molecule has 2 N–H and O–H groups in total. The average Bonchev–Trinajstić information content (AvgIpc) is 2.15. The largest absolute Gasteiger partial charge is 0.478 e. The number of halogens is 1. The van der Waals surface area contributed by atoms with Gasteiger partial charge in [-0.1, -0.05) is 22.9 Å². The lowest BCUT2D eigenvalue weighted by molar-refractivity contribution is 0.0698. The number of nitrogens with one attached hydrogen (secondary N) is 1. The Morgan fingerprint density at radius 1 is 1.47 bits per heavy atom. The molecule has 0 aliphatic heterocycles. The molecule has 0 saturated carbocycles. The van der Waals surface area contributed by atoms with Crippen LogP contribution in [0.3, 0.4) is 0 Å². The Balaban J connectivity index is 3.13. The lowest BCUT2D eigenvalue weighted by Crippen LogP contribution is -2.18. The molecular weight excluding hydrogens is 310 g/mol. The van der Waals surface area contributed by atoms with Crippen LogP contribution in [-0.4, -0.2) is 25.2 Å². The molecule has 0 amide bonds. The standard InChI is InChI=1S/C10H12BrNO4S/c1-2-5-17(15,16)12-9-6-7(11)3-4-8(9)10(13)14/h3-4,6,12H,2,5H2,1H3,(H,13,14). The van der Waals surface area contributed by atoms with E-state index in [4.69, 9.17) is 5.11 Å². The number of benzene rings is 1. The smallest absolute Gasteiger partial charge is 0.337 e. The van der Waals surface area contributed by atoms with Crippen molar-refractivity contribution in [2.45, 2.75) is 13.3 Å². The number of sulfonamides is 1. The number of carboxylic acids is 1. The van der Waals surface area contributed by atoms with Crippen molar-refractivity contribution >= 4 is 37.6 Å². The summed E-state index contributed by atoms with van der Waals surface area (Å²) >= 11 is 3.16. The summed E-state index contributed by atoms with van der Waals surface area (Å²) in [5.41, 5.74) is -0.00629. The summed E-state index contributed by atoms with van der Waals surface area (Å²) < 4.78 is 26.0. The molecule has 0 fully saturated rings. The molecule has 0 heterocycles. The van der Waals surface area contributed by atoms with Crippen LogP contribution in [0.5, 0.6) is 0 Å². The third-order valence-electron chi connectivity index (χ3n) is 1.95. The van der Waals surface area contributed by atoms with Gasteiger partial charge in [0.1, 0.15) is 0 Å². The average molecular weight is 322 g/mol. The molecular formula is C10H12BrNO4S. The number of hydrogen-bond donors (Lipinski definition) is 2. The molecule has 1 aromatic rings. The summed E-state index contributed by atoms with van der Waals surface area (Å²) in [6.07, 6.45) is 0.464. The molecule has 0 bridgehead atoms. The van der Waals surface area contributed by atoms with Gasteiger partial charge in [-0.25, -0.2) is 13.2 Å². The van der Waals surface area contributed by atoms with Gasteiger partial charge in [0.2, 0.25) is 10.0 Å². The van der Waals surface area contributed by atoms with Gasteiger partial charge in [-0.05, 0) is 24.6 Å². The number of aromatic carboxylic acids is 1. The van der Waals surface area contributed by atoms with Crippen LogP contribution >= 0.6 is 15.9 Å². The lowest BCUT2D eigenvalue weighted by atomic mass is 10.2. The Kier molecular flexibility index (Phi) is 4.53. The molecule has 94 valence electrons. The lowest BCUT2D eigenvalue weighted by Gasteiger charge is -2.10. The first-order valence-corrected chi connectivity index (χ1v) is 7.33. The SMILES string of the molecule is CCCS(=O)(=O)Nc1cc(Br)ccc1C(=O)O. The van der Waals surface area contributed by atoms with Gasteiger partial charge in [0.25, 0.3) is 0 Å². The predicted molar refractivity (Wildman–Crippen MR) is 68.8 cm³/mol. The monoisotopic (exact) mass is 321 g/mol. The van der Waals surface area contributed by atoms with Crippen molar-refractivity contribution in [2.24, 2.45) is 0 Å². The van der Waals surface area contributed by atoms with E-state index in [1.54, 1.807) is 13.0 Å². The number of rotatable bonds is 5. The third kappa shape index (κ3) is 4.01. The molecule has 1 rings (SSSR count). The van der Waals surface area contributed by atoms with Gasteiger partial charge in [0.05, 0.1) is 17.0 Å². The van der Waals surface area contributed by atoms with Crippen LogP contribution in [0.25, 0.3) is 0 Å².